The van der Waals surface area contributed by atoms with Crippen molar-refractivity contribution in [3.63, 3.8) is 0 Å². The molecule has 0 aromatic heterocycles. The Morgan fingerprint density at radius 1 is 1.17 bits per heavy atom. The number of hydrogen-bond acceptors (Lipinski definition) is 4. The molecular weight excluding hydrogens is 252 g/mol. The van der Waals surface area contributed by atoms with Crippen molar-refractivity contribution in [1.82, 2.24) is 0 Å². The van der Waals surface area contributed by atoms with Crippen LogP contribution in [0.3, 0.4) is 0 Å². The van der Waals surface area contributed by atoms with Gasteiger partial charge in [0.1, 0.15) is 0 Å². The number of benzene rings is 1. The van der Waals surface area contributed by atoms with Crippen LogP contribution < -0.4 is 5.73 Å². The molecule has 2 rings (SSSR count). The molecule has 1 fully saturated rings. The van der Waals surface area contributed by atoms with E-state index in [-0.39, 0.29) is 17.0 Å². The van der Waals surface area contributed by atoms with E-state index in [1.807, 2.05) is 0 Å². The summed E-state index contributed by atoms with van der Waals surface area (Å²) < 4.78 is 12.3. The van der Waals surface area contributed by atoms with Crippen LogP contribution in [0.15, 0.2) is 29.2 Å². The molecule has 1 aromatic carbocycles. The highest BCUT2D eigenvalue weighted by atomic mass is 32.2. The summed E-state index contributed by atoms with van der Waals surface area (Å²) in [4.78, 5) is 10.8. The Balaban J connectivity index is 2.07. The van der Waals surface area contributed by atoms with Gasteiger partial charge in [-0.05, 0) is 37.8 Å². The molecule has 6 heteroatoms. The lowest BCUT2D eigenvalue weighted by Crippen LogP contribution is -2.31. The Bertz CT molecular complexity index is 453. The van der Waals surface area contributed by atoms with E-state index in [2.05, 4.69) is 0 Å². The van der Waals surface area contributed by atoms with E-state index < -0.39 is 15.7 Å². The first kappa shape index (κ1) is 13.2. The number of nitro benzene ring substituents is 1. The van der Waals surface area contributed by atoms with Crippen LogP contribution in [0, 0.1) is 10.1 Å². The van der Waals surface area contributed by atoms with E-state index in [4.69, 9.17) is 5.73 Å². The summed E-state index contributed by atoms with van der Waals surface area (Å²) >= 11 is 0. The summed E-state index contributed by atoms with van der Waals surface area (Å²) in [5, 5.41) is 10.7. The van der Waals surface area contributed by atoms with Gasteiger partial charge in [-0.3, -0.25) is 14.3 Å². The first-order chi connectivity index (χ1) is 8.58. The van der Waals surface area contributed by atoms with Crippen molar-refractivity contribution in [3.8, 4) is 0 Å². The molecule has 0 saturated heterocycles. The molecule has 0 spiro atoms. The Labute approximate surface area is 108 Å². The van der Waals surface area contributed by atoms with Gasteiger partial charge in [0.25, 0.3) is 5.69 Å². The van der Waals surface area contributed by atoms with Gasteiger partial charge in [0.2, 0.25) is 0 Å². The lowest BCUT2D eigenvalue weighted by Gasteiger charge is -2.25. The van der Waals surface area contributed by atoms with E-state index >= 15 is 0 Å². The topological polar surface area (TPSA) is 86.2 Å². The second-order valence-electron chi connectivity index (χ2n) is 4.59. The summed E-state index contributed by atoms with van der Waals surface area (Å²) in [5.41, 5.74) is 5.84. The molecule has 1 aliphatic carbocycles. The number of rotatable bonds is 3. The summed E-state index contributed by atoms with van der Waals surface area (Å²) in [7, 11) is -1.08. The first-order valence-corrected chi connectivity index (χ1v) is 7.20. The zero-order valence-corrected chi connectivity index (χ0v) is 10.8. The van der Waals surface area contributed by atoms with Gasteiger partial charge in [0, 0.05) is 28.3 Å². The highest BCUT2D eigenvalue weighted by Crippen LogP contribution is 2.26. The third-order valence-electron chi connectivity index (χ3n) is 3.30. The third-order valence-corrected chi connectivity index (χ3v) is 5.12. The molecule has 5 nitrogen and oxygen atoms in total. The Kier molecular flexibility index (Phi) is 4.08. The van der Waals surface area contributed by atoms with Gasteiger partial charge in [0.15, 0.2) is 0 Å². The predicted molar refractivity (Wildman–Crippen MR) is 69.7 cm³/mol. The minimum atomic E-state index is -1.08. The highest BCUT2D eigenvalue weighted by molar-refractivity contribution is 7.85. The van der Waals surface area contributed by atoms with Gasteiger partial charge < -0.3 is 5.73 Å². The Morgan fingerprint density at radius 3 is 2.22 bits per heavy atom. The van der Waals surface area contributed by atoms with Crippen LogP contribution in [0.25, 0.3) is 0 Å². The van der Waals surface area contributed by atoms with Crippen LogP contribution in [-0.2, 0) is 10.8 Å². The van der Waals surface area contributed by atoms with Crippen molar-refractivity contribution < 1.29 is 9.13 Å². The van der Waals surface area contributed by atoms with Gasteiger partial charge in [0.05, 0.1) is 15.7 Å². The first-order valence-electron chi connectivity index (χ1n) is 5.98. The summed E-state index contributed by atoms with van der Waals surface area (Å²) in [6.45, 7) is 0. The maximum atomic E-state index is 12.3. The van der Waals surface area contributed by atoms with Crippen LogP contribution in [0.4, 0.5) is 5.69 Å². The number of non-ortho nitro benzene ring substituents is 1. The second-order valence-corrected chi connectivity index (χ2v) is 6.32. The number of nitro groups is 1. The molecule has 1 aliphatic rings. The average molecular weight is 268 g/mol. The molecule has 18 heavy (non-hydrogen) atoms. The van der Waals surface area contributed by atoms with Crippen molar-refractivity contribution in [3.05, 3.63) is 34.4 Å². The second kappa shape index (κ2) is 5.58. The van der Waals surface area contributed by atoms with E-state index in [9.17, 15) is 14.3 Å². The lowest BCUT2D eigenvalue weighted by atomic mass is 9.96. The van der Waals surface area contributed by atoms with Crippen molar-refractivity contribution in [2.24, 2.45) is 5.73 Å². The fourth-order valence-electron chi connectivity index (χ4n) is 2.20. The molecule has 2 N–H and O–H groups in total. The molecule has 1 atom stereocenters. The zero-order valence-electron chi connectivity index (χ0n) is 9.95. The minimum absolute atomic E-state index is 0.0291. The monoisotopic (exact) mass is 268 g/mol. The maximum absolute atomic E-state index is 12.3. The van der Waals surface area contributed by atoms with Gasteiger partial charge in [-0.1, -0.05) is 0 Å². The van der Waals surface area contributed by atoms with Gasteiger partial charge in [-0.2, -0.15) is 0 Å². The molecule has 1 aromatic rings. The molecule has 0 heterocycles. The number of hydrogen-bond donors (Lipinski definition) is 1. The molecular formula is C12H16N2O3S. The summed E-state index contributed by atoms with van der Waals surface area (Å²) in [6, 6.07) is 6.21. The van der Waals surface area contributed by atoms with Gasteiger partial charge in [-0.25, -0.2) is 0 Å². The van der Waals surface area contributed by atoms with E-state index in [0.717, 1.165) is 25.7 Å². The third kappa shape index (κ3) is 2.94. The summed E-state index contributed by atoms with van der Waals surface area (Å²) in [6.07, 6.45) is 3.54. The van der Waals surface area contributed by atoms with Crippen molar-refractivity contribution in [2.75, 3.05) is 0 Å². The van der Waals surface area contributed by atoms with E-state index in [1.165, 1.54) is 12.1 Å². The van der Waals surface area contributed by atoms with Gasteiger partial charge in [-0.15, -0.1) is 0 Å². The normalized spacial score (nSPS) is 25.6. The molecule has 1 saturated carbocycles. The predicted octanol–water partition coefficient (Wildman–Crippen LogP) is 1.97. The number of nitrogens with two attached hydrogens (primary N) is 1. The molecule has 1 unspecified atom stereocenters. The smallest absolute Gasteiger partial charge is 0.269 e. The average Bonchev–Trinajstić information content (AvgIpc) is 2.39. The van der Waals surface area contributed by atoms with Crippen molar-refractivity contribution in [1.29, 1.82) is 0 Å². The van der Waals surface area contributed by atoms with Crippen LogP contribution in [0.2, 0.25) is 0 Å². The highest BCUT2D eigenvalue weighted by Gasteiger charge is 2.24. The SMILES string of the molecule is NC1CCC(S(=O)c2ccc([N+](=O)[O-])cc2)CC1. The van der Waals surface area contributed by atoms with Crippen LogP contribution in [0.1, 0.15) is 25.7 Å². The van der Waals surface area contributed by atoms with Crippen LogP contribution >= 0.6 is 0 Å². The molecule has 0 radical (unpaired) electrons. The van der Waals surface area contributed by atoms with Gasteiger partial charge >= 0.3 is 0 Å². The largest absolute Gasteiger partial charge is 0.328 e. The van der Waals surface area contributed by atoms with Crippen LogP contribution in [-0.4, -0.2) is 20.4 Å². The molecule has 0 aliphatic heterocycles. The standard InChI is InChI=1S/C12H16N2O3S/c13-9-1-5-11(6-2-9)18(17)12-7-3-10(4-8-12)14(15)16/h3-4,7-9,11H,1-2,5-6,13H2. The fourth-order valence-corrected chi connectivity index (χ4v) is 3.69. The minimum Gasteiger partial charge on any atom is -0.328 e. The van der Waals surface area contributed by atoms with E-state index in [1.54, 1.807) is 12.1 Å². The van der Waals surface area contributed by atoms with E-state index in [0.29, 0.717) is 4.90 Å². The van der Waals surface area contributed by atoms with Crippen molar-refractivity contribution >= 4 is 16.5 Å². The van der Waals surface area contributed by atoms with Crippen molar-refractivity contribution in [2.45, 2.75) is 41.9 Å². The Morgan fingerprint density at radius 2 is 1.72 bits per heavy atom. The Hall–Kier alpha value is -1.27. The molecule has 0 bridgehead atoms. The quantitative estimate of drug-likeness (QED) is 0.670. The molecule has 0 amide bonds. The lowest BCUT2D eigenvalue weighted by molar-refractivity contribution is -0.384. The molecule has 98 valence electrons. The van der Waals surface area contributed by atoms with Crippen LogP contribution in [0.5, 0.6) is 0 Å². The zero-order chi connectivity index (χ0) is 13.1. The summed E-state index contributed by atoms with van der Waals surface area (Å²) in [5.74, 6) is 0. The fraction of sp³-hybridized carbons (Fsp3) is 0.500. The number of nitrogens with zero attached hydrogens (tertiary/aromatic N) is 1. The maximum Gasteiger partial charge on any atom is 0.269 e.